The summed E-state index contributed by atoms with van der Waals surface area (Å²) in [6, 6.07) is 4.26. The third kappa shape index (κ3) is 1.49. The highest BCUT2D eigenvalue weighted by molar-refractivity contribution is 5.38. The molecule has 86 valence electrons. The Morgan fingerprint density at radius 3 is 3.06 bits per heavy atom. The maximum atomic E-state index is 13.0. The Hall–Kier alpha value is -1.13. The van der Waals surface area contributed by atoms with Gasteiger partial charge in [-0.15, -0.1) is 0 Å². The molecular formula is C12H13FO3. The third-order valence-electron chi connectivity index (χ3n) is 3.29. The van der Waals surface area contributed by atoms with Gasteiger partial charge in [0.2, 0.25) is 0 Å². The topological polar surface area (TPSA) is 38.7 Å². The molecule has 1 unspecified atom stereocenters. The number of aliphatic hydroxyl groups is 1. The highest BCUT2D eigenvalue weighted by Crippen LogP contribution is 2.43. The lowest BCUT2D eigenvalue weighted by atomic mass is 9.88. The Labute approximate surface area is 92.8 Å². The largest absolute Gasteiger partial charge is 0.484 e. The van der Waals surface area contributed by atoms with Crippen LogP contribution in [0.4, 0.5) is 4.39 Å². The molecule has 16 heavy (non-hydrogen) atoms. The van der Waals surface area contributed by atoms with Crippen LogP contribution in [0.5, 0.6) is 5.75 Å². The normalized spacial score (nSPS) is 32.5. The van der Waals surface area contributed by atoms with Gasteiger partial charge >= 0.3 is 0 Å². The first kappa shape index (κ1) is 10.1. The van der Waals surface area contributed by atoms with Gasteiger partial charge in [0.25, 0.3) is 0 Å². The molecule has 2 atom stereocenters. The van der Waals surface area contributed by atoms with E-state index in [2.05, 4.69) is 0 Å². The molecule has 0 aliphatic carbocycles. The SMILES string of the molecule is O[C@H]1CC2(CCOC2)Oc2ccc(F)cc21. The zero-order valence-corrected chi connectivity index (χ0v) is 8.78. The summed E-state index contributed by atoms with van der Waals surface area (Å²) in [7, 11) is 0. The van der Waals surface area contributed by atoms with Gasteiger partial charge in [-0.2, -0.15) is 0 Å². The number of benzene rings is 1. The standard InChI is InChI=1S/C12H13FO3/c13-8-1-2-11-9(5-8)10(14)6-12(16-11)3-4-15-7-12/h1-2,5,10,14H,3-4,6-7H2/t10-,12?/m0/s1. The highest BCUT2D eigenvalue weighted by Gasteiger charge is 2.43. The predicted octanol–water partition coefficient (Wildman–Crippen LogP) is 1.80. The lowest BCUT2D eigenvalue weighted by molar-refractivity contribution is -0.0196. The molecule has 0 aromatic heterocycles. The van der Waals surface area contributed by atoms with E-state index in [0.717, 1.165) is 6.42 Å². The van der Waals surface area contributed by atoms with Crippen LogP contribution >= 0.6 is 0 Å². The number of hydrogen-bond acceptors (Lipinski definition) is 3. The molecule has 1 aromatic rings. The van der Waals surface area contributed by atoms with E-state index < -0.39 is 11.7 Å². The van der Waals surface area contributed by atoms with Crippen LogP contribution in [-0.4, -0.2) is 23.9 Å². The van der Waals surface area contributed by atoms with Crippen molar-refractivity contribution in [2.75, 3.05) is 13.2 Å². The summed E-state index contributed by atoms with van der Waals surface area (Å²) in [5.41, 5.74) is 0.127. The summed E-state index contributed by atoms with van der Waals surface area (Å²) in [6.45, 7) is 1.16. The summed E-state index contributed by atoms with van der Waals surface area (Å²) in [5.74, 6) is 0.227. The minimum atomic E-state index is -0.666. The molecule has 1 saturated heterocycles. The quantitative estimate of drug-likeness (QED) is 0.730. The van der Waals surface area contributed by atoms with Gasteiger partial charge in [-0.3, -0.25) is 0 Å². The fourth-order valence-electron chi connectivity index (χ4n) is 2.44. The zero-order chi connectivity index (χ0) is 11.2. The van der Waals surface area contributed by atoms with Crippen LogP contribution in [0.15, 0.2) is 18.2 Å². The van der Waals surface area contributed by atoms with Crippen LogP contribution in [0.2, 0.25) is 0 Å². The van der Waals surface area contributed by atoms with Crippen molar-refractivity contribution in [1.82, 2.24) is 0 Å². The molecule has 4 heteroatoms. The van der Waals surface area contributed by atoms with E-state index in [1.54, 1.807) is 6.07 Å². The smallest absolute Gasteiger partial charge is 0.137 e. The fourth-order valence-corrected chi connectivity index (χ4v) is 2.44. The first-order valence-electron chi connectivity index (χ1n) is 5.43. The minimum absolute atomic E-state index is 0.347. The Balaban J connectivity index is 1.99. The Morgan fingerprint density at radius 1 is 1.44 bits per heavy atom. The number of hydrogen-bond donors (Lipinski definition) is 1. The Bertz CT molecular complexity index is 413. The van der Waals surface area contributed by atoms with Crippen molar-refractivity contribution in [3.8, 4) is 5.75 Å². The van der Waals surface area contributed by atoms with Crippen LogP contribution in [0, 0.1) is 5.82 Å². The van der Waals surface area contributed by atoms with E-state index in [4.69, 9.17) is 9.47 Å². The molecular weight excluding hydrogens is 211 g/mol. The lowest BCUT2D eigenvalue weighted by Crippen LogP contribution is -2.41. The van der Waals surface area contributed by atoms with Crippen LogP contribution < -0.4 is 4.74 Å². The first-order chi connectivity index (χ1) is 7.69. The van der Waals surface area contributed by atoms with Gasteiger partial charge < -0.3 is 14.6 Å². The summed E-state index contributed by atoms with van der Waals surface area (Å²) in [5, 5.41) is 10.0. The molecule has 0 amide bonds. The molecule has 1 spiro atoms. The second-order valence-electron chi connectivity index (χ2n) is 4.49. The summed E-state index contributed by atoms with van der Waals surface area (Å²) < 4.78 is 24.2. The van der Waals surface area contributed by atoms with Gasteiger partial charge in [0, 0.05) is 18.4 Å². The predicted molar refractivity (Wildman–Crippen MR) is 54.8 cm³/mol. The van der Waals surface area contributed by atoms with Crippen molar-refractivity contribution in [2.24, 2.45) is 0 Å². The van der Waals surface area contributed by atoms with Crippen molar-refractivity contribution in [3.63, 3.8) is 0 Å². The average Bonchev–Trinajstić information content (AvgIpc) is 2.68. The van der Waals surface area contributed by atoms with Gasteiger partial charge in [0.05, 0.1) is 19.3 Å². The number of aliphatic hydroxyl groups excluding tert-OH is 1. The molecule has 3 nitrogen and oxygen atoms in total. The van der Waals surface area contributed by atoms with Crippen molar-refractivity contribution in [1.29, 1.82) is 0 Å². The number of ether oxygens (including phenoxy) is 2. The van der Waals surface area contributed by atoms with Gasteiger partial charge in [0.1, 0.15) is 17.2 Å². The van der Waals surface area contributed by atoms with E-state index in [-0.39, 0.29) is 5.82 Å². The molecule has 1 aromatic carbocycles. The van der Waals surface area contributed by atoms with Crippen LogP contribution in [0.1, 0.15) is 24.5 Å². The maximum absolute atomic E-state index is 13.0. The van der Waals surface area contributed by atoms with Crippen molar-refractivity contribution in [2.45, 2.75) is 24.5 Å². The number of fused-ring (bicyclic) bond motifs is 1. The van der Waals surface area contributed by atoms with Gasteiger partial charge in [-0.25, -0.2) is 4.39 Å². The molecule has 1 N–H and O–H groups in total. The van der Waals surface area contributed by atoms with E-state index >= 15 is 0 Å². The van der Waals surface area contributed by atoms with Gasteiger partial charge in [-0.1, -0.05) is 0 Å². The number of rotatable bonds is 0. The Morgan fingerprint density at radius 2 is 2.31 bits per heavy atom. The fraction of sp³-hybridized carbons (Fsp3) is 0.500. The summed E-state index contributed by atoms with van der Waals surface area (Å²) in [6.07, 6.45) is 0.589. The van der Waals surface area contributed by atoms with Crippen molar-refractivity contribution >= 4 is 0 Å². The monoisotopic (exact) mass is 224 g/mol. The second-order valence-corrected chi connectivity index (χ2v) is 4.49. The molecule has 1 fully saturated rings. The Kier molecular flexibility index (Phi) is 2.16. The third-order valence-corrected chi connectivity index (χ3v) is 3.29. The molecule has 0 bridgehead atoms. The van der Waals surface area contributed by atoms with E-state index in [1.165, 1.54) is 12.1 Å². The van der Waals surface area contributed by atoms with Gasteiger partial charge in [-0.05, 0) is 18.2 Å². The molecule has 2 heterocycles. The van der Waals surface area contributed by atoms with Crippen LogP contribution in [0.25, 0.3) is 0 Å². The summed E-state index contributed by atoms with van der Waals surface area (Å²) >= 11 is 0. The van der Waals surface area contributed by atoms with E-state index in [1.807, 2.05) is 0 Å². The van der Waals surface area contributed by atoms with Crippen LogP contribution in [0.3, 0.4) is 0 Å². The van der Waals surface area contributed by atoms with E-state index in [0.29, 0.717) is 30.9 Å². The zero-order valence-electron chi connectivity index (χ0n) is 8.78. The molecule has 0 saturated carbocycles. The lowest BCUT2D eigenvalue weighted by Gasteiger charge is -2.36. The molecule has 0 radical (unpaired) electrons. The molecule has 3 rings (SSSR count). The van der Waals surface area contributed by atoms with Crippen molar-refractivity contribution in [3.05, 3.63) is 29.6 Å². The summed E-state index contributed by atoms with van der Waals surface area (Å²) in [4.78, 5) is 0. The van der Waals surface area contributed by atoms with Crippen LogP contribution in [-0.2, 0) is 4.74 Å². The van der Waals surface area contributed by atoms with E-state index in [9.17, 15) is 9.50 Å². The molecule has 2 aliphatic rings. The first-order valence-corrected chi connectivity index (χ1v) is 5.43. The second kappa shape index (κ2) is 3.43. The maximum Gasteiger partial charge on any atom is 0.137 e. The number of halogens is 1. The van der Waals surface area contributed by atoms with Gasteiger partial charge in [0.15, 0.2) is 0 Å². The average molecular weight is 224 g/mol. The minimum Gasteiger partial charge on any atom is -0.484 e. The molecule has 2 aliphatic heterocycles. The van der Waals surface area contributed by atoms with Crippen molar-refractivity contribution < 1.29 is 19.0 Å². The highest BCUT2D eigenvalue weighted by atomic mass is 19.1.